The molecule has 0 aliphatic carbocycles. The van der Waals surface area contributed by atoms with Gasteiger partial charge in [-0.1, -0.05) is 0 Å². The molecule has 1 saturated heterocycles. The highest BCUT2D eigenvalue weighted by Crippen LogP contribution is 2.27. The second kappa shape index (κ2) is 9.04. The summed E-state index contributed by atoms with van der Waals surface area (Å²) in [4.78, 5) is 38.1. The lowest BCUT2D eigenvalue weighted by molar-refractivity contribution is -0.892. The minimum atomic E-state index is -0.467. The Balaban J connectivity index is 1.56. The summed E-state index contributed by atoms with van der Waals surface area (Å²) < 4.78 is 0. The number of carbonyl (C=O) groups is 2. The second-order valence-corrected chi connectivity index (χ2v) is 7.78. The Morgan fingerprint density at radius 2 is 1.70 bits per heavy atom. The number of rotatable bonds is 6. The third-order valence-corrected chi connectivity index (χ3v) is 5.60. The van der Waals surface area contributed by atoms with Gasteiger partial charge in [0.2, 0.25) is 0 Å². The topological polar surface area (TPSA) is 97.0 Å². The van der Waals surface area contributed by atoms with Crippen LogP contribution in [0.4, 0.5) is 17.1 Å². The molecule has 0 radical (unpaired) electrons. The predicted molar refractivity (Wildman–Crippen MR) is 115 cm³/mol. The van der Waals surface area contributed by atoms with Gasteiger partial charge in [-0.3, -0.25) is 19.7 Å². The van der Waals surface area contributed by atoms with Gasteiger partial charge in [0.15, 0.2) is 12.3 Å². The summed E-state index contributed by atoms with van der Waals surface area (Å²) in [6, 6.07) is 10.7. The molecular formula is C22H27N4O4+. The number of nitrogens with zero attached hydrogens (tertiary/aromatic N) is 2. The first-order chi connectivity index (χ1) is 14.2. The fourth-order valence-electron chi connectivity index (χ4n) is 3.64. The molecule has 2 aromatic rings. The van der Waals surface area contributed by atoms with Crippen LogP contribution in [-0.4, -0.2) is 49.3 Å². The summed E-state index contributed by atoms with van der Waals surface area (Å²) >= 11 is 0. The van der Waals surface area contributed by atoms with Crippen LogP contribution >= 0.6 is 0 Å². The van der Waals surface area contributed by atoms with Gasteiger partial charge >= 0.3 is 0 Å². The van der Waals surface area contributed by atoms with Crippen LogP contribution in [0.15, 0.2) is 36.4 Å². The predicted octanol–water partition coefficient (Wildman–Crippen LogP) is 1.76. The van der Waals surface area contributed by atoms with Gasteiger partial charge in [0.1, 0.15) is 5.69 Å². The molecule has 2 N–H and O–H groups in total. The highest BCUT2D eigenvalue weighted by atomic mass is 16.6. The lowest BCUT2D eigenvalue weighted by Crippen LogP contribution is -3.15. The van der Waals surface area contributed by atoms with Crippen LogP contribution in [0.3, 0.4) is 0 Å². The van der Waals surface area contributed by atoms with E-state index in [-0.39, 0.29) is 29.6 Å². The van der Waals surface area contributed by atoms with Crippen LogP contribution in [0.1, 0.15) is 28.4 Å². The number of amides is 1. The fraction of sp³-hybridized carbons (Fsp3) is 0.364. The minimum Gasteiger partial charge on any atom is -0.360 e. The molecule has 8 heteroatoms. The number of aryl methyl sites for hydroxylation is 2. The normalized spacial score (nSPS) is 14.4. The maximum atomic E-state index is 12.5. The maximum Gasteiger partial charge on any atom is 0.293 e. The molecule has 0 spiro atoms. The summed E-state index contributed by atoms with van der Waals surface area (Å²) in [7, 11) is 0. The third kappa shape index (κ3) is 5.01. The smallest absolute Gasteiger partial charge is 0.293 e. The highest BCUT2D eigenvalue weighted by molar-refractivity contribution is 5.94. The first-order valence-corrected chi connectivity index (χ1v) is 9.99. The van der Waals surface area contributed by atoms with Crippen molar-refractivity contribution in [3.63, 3.8) is 0 Å². The van der Waals surface area contributed by atoms with Crippen LogP contribution in [0, 0.1) is 24.0 Å². The SMILES string of the molecule is CC(=O)c1ccc(N2CC[NH+](CC(=O)Nc3cc(C)c(C)cc3[N+](=O)[O-])CC2)cc1. The number of hydrogen-bond acceptors (Lipinski definition) is 5. The van der Waals surface area contributed by atoms with E-state index in [1.165, 1.54) is 6.07 Å². The molecule has 1 fully saturated rings. The molecule has 30 heavy (non-hydrogen) atoms. The Bertz CT molecular complexity index is 964. The standard InChI is InChI=1S/C22H26N4O4/c1-15-12-20(21(26(29)30)13-16(15)2)23-22(28)14-24-8-10-25(11-9-24)19-6-4-18(5-7-19)17(3)27/h4-7,12-13H,8-11,14H2,1-3H3,(H,23,28)/p+1. The maximum absolute atomic E-state index is 12.5. The molecule has 1 aliphatic heterocycles. The summed E-state index contributed by atoms with van der Waals surface area (Å²) in [5.41, 5.74) is 3.64. The first-order valence-electron chi connectivity index (χ1n) is 9.99. The molecule has 0 atom stereocenters. The van der Waals surface area contributed by atoms with Crippen molar-refractivity contribution in [1.82, 2.24) is 0 Å². The number of hydrogen-bond donors (Lipinski definition) is 2. The zero-order valence-electron chi connectivity index (χ0n) is 17.5. The minimum absolute atomic E-state index is 0.0471. The van der Waals surface area contributed by atoms with Gasteiger partial charge in [-0.05, 0) is 62.2 Å². The molecule has 8 nitrogen and oxygen atoms in total. The number of nitro benzene ring substituents is 1. The lowest BCUT2D eigenvalue weighted by atomic mass is 10.1. The Morgan fingerprint density at radius 1 is 1.10 bits per heavy atom. The van der Waals surface area contributed by atoms with Gasteiger partial charge in [-0.25, -0.2) is 0 Å². The summed E-state index contributed by atoms with van der Waals surface area (Å²) in [6.07, 6.45) is 0. The molecule has 3 rings (SSSR count). The molecule has 1 aliphatic rings. The van der Waals surface area contributed by atoms with Crippen LogP contribution in [0.2, 0.25) is 0 Å². The Kier molecular flexibility index (Phi) is 6.47. The van der Waals surface area contributed by atoms with Gasteiger partial charge < -0.3 is 15.1 Å². The van der Waals surface area contributed by atoms with Gasteiger partial charge in [-0.15, -0.1) is 0 Å². The summed E-state index contributed by atoms with van der Waals surface area (Å²) in [5.74, 6) is -0.179. The summed E-state index contributed by atoms with van der Waals surface area (Å²) in [6.45, 7) is 8.66. The molecule has 158 valence electrons. The zero-order valence-corrected chi connectivity index (χ0v) is 17.5. The van der Waals surface area contributed by atoms with Crippen molar-refractivity contribution in [2.75, 3.05) is 42.9 Å². The van der Waals surface area contributed by atoms with Crippen molar-refractivity contribution in [1.29, 1.82) is 0 Å². The lowest BCUT2D eigenvalue weighted by Gasteiger charge is -2.33. The van der Waals surface area contributed by atoms with Crippen LogP contribution in [-0.2, 0) is 4.79 Å². The van der Waals surface area contributed by atoms with Gasteiger partial charge in [0, 0.05) is 17.3 Å². The van der Waals surface area contributed by atoms with Crippen LogP contribution < -0.4 is 15.1 Å². The van der Waals surface area contributed by atoms with E-state index in [1.54, 1.807) is 13.0 Å². The Morgan fingerprint density at radius 3 is 2.27 bits per heavy atom. The quantitative estimate of drug-likeness (QED) is 0.429. The number of Topliss-reactive ketones (excluding diaryl/α,β-unsaturated/α-hetero) is 1. The third-order valence-electron chi connectivity index (χ3n) is 5.60. The second-order valence-electron chi connectivity index (χ2n) is 7.78. The van der Waals surface area contributed by atoms with Crippen molar-refractivity contribution in [2.45, 2.75) is 20.8 Å². The van der Waals surface area contributed by atoms with E-state index in [9.17, 15) is 19.7 Å². The molecule has 0 saturated carbocycles. The average molecular weight is 411 g/mol. The number of nitrogens with one attached hydrogen (secondary N) is 2. The molecule has 0 aromatic heterocycles. The van der Waals surface area contributed by atoms with Crippen LogP contribution in [0.25, 0.3) is 0 Å². The number of benzene rings is 2. The van der Waals surface area contributed by atoms with Crippen molar-refractivity contribution >= 4 is 28.8 Å². The van der Waals surface area contributed by atoms with Crippen molar-refractivity contribution in [3.05, 3.63) is 63.2 Å². The van der Waals surface area contributed by atoms with E-state index in [4.69, 9.17) is 0 Å². The largest absolute Gasteiger partial charge is 0.360 e. The molecular weight excluding hydrogens is 384 g/mol. The molecule has 0 unspecified atom stereocenters. The van der Waals surface area contributed by atoms with E-state index >= 15 is 0 Å². The molecule has 2 aromatic carbocycles. The van der Waals surface area contributed by atoms with Gasteiger partial charge in [0.05, 0.1) is 31.1 Å². The zero-order chi connectivity index (χ0) is 21.8. The van der Waals surface area contributed by atoms with E-state index in [2.05, 4.69) is 10.2 Å². The van der Waals surface area contributed by atoms with Crippen molar-refractivity contribution in [2.24, 2.45) is 0 Å². The monoisotopic (exact) mass is 411 g/mol. The van der Waals surface area contributed by atoms with E-state index < -0.39 is 4.92 Å². The number of ketones is 1. The highest BCUT2D eigenvalue weighted by Gasteiger charge is 2.24. The number of quaternary nitrogens is 1. The van der Waals surface area contributed by atoms with Crippen molar-refractivity contribution in [3.8, 4) is 0 Å². The molecule has 1 amide bonds. The van der Waals surface area contributed by atoms with E-state index in [0.717, 1.165) is 47.9 Å². The fourth-order valence-corrected chi connectivity index (χ4v) is 3.64. The van der Waals surface area contributed by atoms with E-state index in [0.29, 0.717) is 5.56 Å². The Labute approximate surface area is 175 Å². The molecule has 0 bridgehead atoms. The number of carbonyl (C=O) groups excluding carboxylic acids is 2. The number of anilines is 2. The Hall–Kier alpha value is -3.26. The molecule has 1 heterocycles. The van der Waals surface area contributed by atoms with Crippen molar-refractivity contribution < 1.29 is 19.4 Å². The van der Waals surface area contributed by atoms with Crippen LogP contribution in [0.5, 0.6) is 0 Å². The van der Waals surface area contributed by atoms with Gasteiger partial charge in [-0.2, -0.15) is 0 Å². The van der Waals surface area contributed by atoms with Gasteiger partial charge in [0.25, 0.3) is 11.6 Å². The first kappa shape index (κ1) is 21.4. The average Bonchev–Trinajstić information content (AvgIpc) is 2.71. The van der Waals surface area contributed by atoms with E-state index in [1.807, 2.05) is 38.1 Å². The number of nitro groups is 1. The summed E-state index contributed by atoms with van der Waals surface area (Å²) in [5, 5.41) is 14.0. The number of piperazine rings is 1.